The highest BCUT2D eigenvalue weighted by molar-refractivity contribution is 7.45. The fourth-order valence-corrected chi connectivity index (χ4v) is 3.76. The number of carbonyl (C=O) groups is 1. The molecule has 0 aliphatic heterocycles. The van der Waals surface area contributed by atoms with Gasteiger partial charge in [0.1, 0.15) is 0 Å². The molecule has 9 heteroatoms. The second kappa shape index (κ2) is 18.9. The smallest absolute Gasteiger partial charge is 0.246 e. The molecule has 0 aromatic heterocycles. The summed E-state index contributed by atoms with van der Waals surface area (Å²) < 4.78 is 6.01. The van der Waals surface area contributed by atoms with Gasteiger partial charge in [-0.05, 0) is 45.4 Å². The molecule has 0 heterocycles. The molecule has 0 fully saturated rings. The summed E-state index contributed by atoms with van der Waals surface area (Å²) in [5, 5.41) is 2.83. The van der Waals surface area contributed by atoms with Crippen LogP contribution in [0.3, 0.4) is 0 Å². The average Bonchev–Trinajstić information content (AvgIpc) is 2.62. The van der Waals surface area contributed by atoms with Crippen molar-refractivity contribution >= 4 is 22.7 Å². The van der Waals surface area contributed by atoms with Crippen LogP contribution in [0.1, 0.15) is 71.1 Å². The van der Waals surface area contributed by atoms with Gasteiger partial charge in [-0.25, -0.2) is 0 Å². The molecule has 0 aliphatic rings. The molecule has 7 nitrogen and oxygen atoms in total. The van der Waals surface area contributed by atoms with E-state index in [0.717, 1.165) is 64.2 Å². The Balaban J connectivity index is 3.85. The maximum absolute atomic E-state index is 11.4. The van der Waals surface area contributed by atoms with Crippen LogP contribution in [0, 0.1) is 0 Å². The number of hydrogen-bond acceptors (Lipinski definition) is 6. The first-order chi connectivity index (χ1) is 13.3. The predicted octanol–water partition coefficient (Wildman–Crippen LogP) is 3.56. The van der Waals surface area contributed by atoms with Gasteiger partial charge in [0, 0.05) is 31.0 Å². The first kappa shape index (κ1) is 27.9. The van der Waals surface area contributed by atoms with E-state index < -0.39 is 16.8 Å². The molecule has 166 valence electrons. The van der Waals surface area contributed by atoms with Crippen molar-refractivity contribution in [1.82, 2.24) is 5.32 Å². The molecule has 5 N–H and O–H groups in total. The number of carbonyl (C=O) groups excluding carboxylic acids is 1. The van der Waals surface area contributed by atoms with Gasteiger partial charge < -0.3 is 29.6 Å². The lowest BCUT2D eigenvalue weighted by molar-refractivity contribution is -0.117. The van der Waals surface area contributed by atoms with E-state index in [1.165, 1.54) is 0 Å². The van der Waals surface area contributed by atoms with Gasteiger partial charge in [0.05, 0.1) is 6.10 Å². The van der Waals surface area contributed by atoms with Gasteiger partial charge in [-0.2, -0.15) is 0 Å². The summed E-state index contributed by atoms with van der Waals surface area (Å²) in [4.78, 5) is 47.3. The number of unbranched alkanes of at least 4 members (excludes halogenated alkanes) is 5. The van der Waals surface area contributed by atoms with Crippen LogP contribution in [0.25, 0.3) is 0 Å². The zero-order chi connectivity index (χ0) is 21.2. The molecule has 0 atom stereocenters. The standard InChI is InChI=1S/C19H39NO6P2/c1-17(2)19(21)20-13-7-3-4-8-14-26-18(11-5-9-15-27(22)23)12-6-10-16-28(24)25/h18,22-25H,1,3-16H2,2H3,(H,20,21). The molecule has 0 aliphatic carbocycles. The minimum atomic E-state index is -1.81. The van der Waals surface area contributed by atoms with Crippen LogP contribution in [-0.2, 0) is 9.53 Å². The summed E-state index contributed by atoms with van der Waals surface area (Å²) in [7, 11) is -3.61. The highest BCUT2D eigenvalue weighted by atomic mass is 31.2. The fourth-order valence-electron chi connectivity index (χ4n) is 2.74. The monoisotopic (exact) mass is 439 g/mol. The lowest BCUT2D eigenvalue weighted by Gasteiger charge is -2.18. The van der Waals surface area contributed by atoms with Gasteiger partial charge in [-0.3, -0.25) is 4.79 Å². The normalized spacial score (nSPS) is 11.6. The van der Waals surface area contributed by atoms with Crippen LogP contribution < -0.4 is 5.32 Å². The molecule has 0 saturated heterocycles. The van der Waals surface area contributed by atoms with E-state index in [9.17, 15) is 4.79 Å². The molecule has 0 unspecified atom stereocenters. The topological polar surface area (TPSA) is 119 Å². The molecular weight excluding hydrogens is 400 g/mol. The van der Waals surface area contributed by atoms with Crippen molar-refractivity contribution in [2.45, 2.75) is 77.2 Å². The highest BCUT2D eigenvalue weighted by Crippen LogP contribution is 2.27. The van der Waals surface area contributed by atoms with Gasteiger partial charge in [0.15, 0.2) is 16.8 Å². The molecule has 0 saturated carbocycles. The number of nitrogens with one attached hydrogen (secondary N) is 1. The van der Waals surface area contributed by atoms with Crippen molar-refractivity contribution in [1.29, 1.82) is 0 Å². The Labute approximate surface area is 172 Å². The summed E-state index contributed by atoms with van der Waals surface area (Å²) >= 11 is 0. The van der Waals surface area contributed by atoms with Crippen LogP contribution in [0.2, 0.25) is 0 Å². The van der Waals surface area contributed by atoms with E-state index >= 15 is 0 Å². The molecular formula is C19H39NO6P2. The zero-order valence-electron chi connectivity index (χ0n) is 17.2. The summed E-state index contributed by atoms with van der Waals surface area (Å²) in [6.45, 7) is 6.67. The van der Waals surface area contributed by atoms with Crippen LogP contribution >= 0.6 is 16.8 Å². The van der Waals surface area contributed by atoms with Gasteiger partial charge >= 0.3 is 0 Å². The maximum atomic E-state index is 11.4. The van der Waals surface area contributed by atoms with Gasteiger partial charge in [-0.1, -0.05) is 32.3 Å². The SMILES string of the molecule is C=C(C)C(=O)NCCCCCCOC(CCCCP(O)O)CCCCP(O)O. The quantitative estimate of drug-likeness (QED) is 0.119. The van der Waals surface area contributed by atoms with Gasteiger partial charge in [0.25, 0.3) is 0 Å². The van der Waals surface area contributed by atoms with Crippen molar-refractivity contribution in [2.75, 3.05) is 25.5 Å². The maximum Gasteiger partial charge on any atom is 0.246 e. The average molecular weight is 439 g/mol. The minimum Gasteiger partial charge on any atom is -0.378 e. The summed E-state index contributed by atoms with van der Waals surface area (Å²) in [5.41, 5.74) is 0.531. The molecule has 0 radical (unpaired) electrons. The van der Waals surface area contributed by atoms with E-state index in [4.69, 9.17) is 24.3 Å². The van der Waals surface area contributed by atoms with E-state index in [-0.39, 0.29) is 12.0 Å². The first-order valence-corrected chi connectivity index (χ1v) is 13.0. The number of amides is 1. The highest BCUT2D eigenvalue weighted by Gasteiger charge is 2.10. The van der Waals surface area contributed by atoms with E-state index in [0.29, 0.717) is 31.0 Å². The first-order valence-electron chi connectivity index (χ1n) is 10.2. The second-order valence-electron chi connectivity index (χ2n) is 7.13. The third-order valence-corrected chi connectivity index (χ3v) is 5.80. The van der Waals surface area contributed by atoms with Crippen LogP contribution in [-0.4, -0.2) is 57.1 Å². The Morgan fingerprint density at radius 2 is 1.43 bits per heavy atom. The summed E-state index contributed by atoms with van der Waals surface area (Å²) in [6.07, 6.45) is 10.2. The third-order valence-electron chi connectivity index (χ3n) is 4.37. The van der Waals surface area contributed by atoms with E-state index in [1.807, 2.05) is 0 Å². The third kappa shape index (κ3) is 19.2. The van der Waals surface area contributed by atoms with Crippen molar-refractivity contribution in [2.24, 2.45) is 0 Å². The minimum absolute atomic E-state index is 0.0869. The van der Waals surface area contributed by atoms with Crippen molar-refractivity contribution < 1.29 is 29.1 Å². The van der Waals surface area contributed by atoms with Crippen LogP contribution in [0.4, 0.5) is 0 Å². The molecule has 0 bridgehead atoms. The Kier molecular flexibility index (Phi) is 18.8. The largest absolute Gasteiger partial charge is 0.378 e. The molecule has 28 heavy (non-hydrogen) atoms. The van der Waals surface area contributed by atoms with Gasteiger partial charge in [-0.15, -0.1) is 0 Å². The predicted molar refractivity (Wildman–Crippen MR) is 116 cm³/mol. The van der Waals surface area contributed by atoms with Crippen molar-refractivity contribution in [3.8, 4) is 0 Å². The molecule has 0 spiro atoms. The second-order valence-corrected chi connectivity index (χ2v) is 9.51. The Morgan fingerprint density at radius 3 is 1.93 bits per heavy atom. The number of rotatable bonds is 19. The Morgan fingerprint density at radius 1 is 0.893 bits per heavy atom. The summed E-state index contributed by atoms with van der Waals surface area (Å²) in [5.74, 6) is -0.0869. The Bertz CT molecular complexity index is 394. The van der Waals surface area contributed by atoms with Gasteiger partial charge in [0.2, 0.25) is 5.91 Å². The molecule has 0 aromatic rings. The van der Waals surface area contributed by atoms with Crippen LogP contribution in [0.15, 0.2) is 12.2 Å². The number of ether oxygens (including phenoxy) is 1. The van der Waals surface area contributed by atoms with Crippen molar-refractivity contribution in [3.63, 3.8) is 0 Å². The fraction of sp³-hybridized carbons (Fsp3) is 0.842. The molecule has 1 amide bonds. The zero-order valence-corrected chi connectivity index (χ0v) is 19.0. The van der Waals surface area contributed by atoms with Crippen molar-refractivity contribution in [3.05, 3.63) is 12.2 Å². The Hall–Kier alpha value is -0.130. The lowest BCUT2D eigenvalue weighted by atomic mass is 10.1. The van der Waals surface area contributed by atoms with E-state index in [2.05, 4.69) is 11.9 Å². The number of hydrogen-bond donors (Lipinski definition) is 5. The summed E-state index contributed by atoms with van der Waals surface area (Å²) in [6, 6.07) is 0. The molecule has 0 rings (SSSR count). The lowest BCUT2D eigenvalue weighted by Crippen LogP contribution is -2.24. The van der Waals surface area contributed by atoms with E-state index in [1.54, 1.807) is 6.92 Å². The molecule has 0 aromatic carbocycles. The van der Waals surface area contributed by atoms with Crippen LogP contribution in [0.5, 0.6) is 0 Å².